The first-order valence-corrected chi connectivity index (χ1v) is 9.85. The minimum atomic E-state index is 0. The second-order valence-corrected chi connectivity index (χ2v) is 7.33. The second kappa shape index (κ2) is 10.9. The number of rotatable bonds is 7. The number of nitrogens with one attached hydrogen (secondary N) is 2. The summed E-state index contributed by atoms with van der Waals surface area (Å²) in [6.07, 6.45) is 7.06. The molecule has 2 aromatic rings. The lowest BCUT2D eigenvalue weighted by atomic mass is 9.72. The summed E-state index contributed by atoms with van der Waals surface area (Å²) in [4.78, 5) is 4.69. The van der Waals surface area contributed by atoms with E-state index in [2.05, 4.69) is 29.7 Å². The van der Waals surface area contributed by atoms with E-state index < -0.39 is 0 Å². The average Bonchev–Trinajstić information content (AvgIpc) is 3.08. The third kappa shape index (κ3) is 6.10. The number of hydrogen-bond acceptors (Lipinski definition) is 3. The summed E-state index contributed by atoms with van der Waals surface area (Å²) in [5, 5.41) is 17.4. The maximum atomic E-state index is 9.49. The molecule has 1 aromatic carbocycles. The molecule has 0 saturated heterocycles. The van der Waals surface area contributed by atoms with Gasteiger partial charge in [-0.2, -0.15) is 0 Å². The largest absolute Gasteiger partial charge is 0.459 e. The zero-order chi connectivity index (χ0) is 18.2. The van der Waals surface area contributed by atoms with Crippen LogP contribution in [0.25, 0.3) is 11.0 Å². The van der Waals surface area contributed by atoms with E-state index in [9.17, 15) is 5.11 Å². The van der Waals surface area contributed by atoms with Gasteiger partial charge in [0.05, 0.1) is 0 Å². The minimum Gasteiger partial charge on any atom is -0.459 e. The molecular formula is C21H32IN3O2. The molecule has 0 bridgehead atoms. The molecule has 0 amide bonds. The quantitative estimate of drug-likeness (QED) is 0.308. The highest BCUT2D eigenvalue weighted by Crippen LogP contribution is 2.38. The highest BCUT2D eigenvalue weighted by Gasteiger charge is 2.31. The fourth-order valence-electron chi connectivity index (χ4n) is 3.94. The molecule has 6 heteroatoms. The van der Waals surface area contributed by atoms with Gasteiger partial charge in [-0.25, -0.2) is 4.99 Å². The minimum absolute atomic E-state index is 0. The Morgan fingerprint density at radius 2 is 1.96 bits per heavy atom. The summed E-state index contributed by atoms with van der Waals surface area (Å²) >= 11 is 0. The lowest BCUT2D eigenvalue weighted by Gasteiger charge is -2.37. The number of aliphatic hydroxyl groups excluding tert-OH is 1. The Balaban J connectivity index is 0.00000261. The van der Waals surface area contributed by atoms with Crippen molar-refractivity contribution >= 4 is 40.9 Å². The highest BCUT2D eigenvalue weighted by molar-refractivity contribution is 14.0. The van der Waals surface area contributed by atoms with E-state index in [0.29, 0.717) is 6.54 Å². The molecule has 0 radical (unpaired) electrons. The third-order valence-corrected chi connectivity index (χ3v) is 5.40. The molecule has 0 spiro atoms. The number of fused-ring (bicyclic) bond motifs is 1. The fourth-order valence-corrected chi connectivity index (χ4v) is 3.94. The lowest BCUT2D eigenvalue weighted by Crippen LogP contribution is -2.44. The molecule has 1 aliphatic carbocycles. The van der Waals surface area contributed by atoms with Crippen LogP contribution in [0.2, 0.25) is 0 Å². The van der Waals surface area contributed by atoms with Crippen LogP contribution in [0.3, 0.4) is 0 Å². The van der Waals surface area contributed by atoms with Gasteiger partial charge in [0, 0.05) is 25.1 Å². The number of aliphatic imine (C=N–C) groups is 1. The van der Waals surface area contributed by atoms with Gasteiger partial charge in [0.1, 0.15) is 17.9 Å². The number of hydrogen-bond donors (Lipinski definition) is 3. The molecule has 5 nitrogen and oxygen atoms in total. The van der Waals surface area contributed by atoms with E-state index in [1.807, 2.05) is 18.2 Å². The first kappa shape index (κ1) is 22.0. The topological polar surface area (TPSA) is 69.8 Å². The smallest absolute Gasteiger partial charge is 0.191 e. The third-order valence-electron chi connectivity index (χ3n) is 5.40. The van der Waals surface area contributed by atoms with Crippen molar-refractivity contribution in [2.24, 2.45) is 10.4 Å². The van der Waals surface area contributed by atoms with Gasteiger partial charge in [-0.05, 0) is 43.7 Å². The van der Waals surface area contributed by atoms with Crippen molar-refractivity contribution < 1.29 is 9.52 Å². The standard InChI is InChI=1S/C21H31N3O2.HI/c1-2-22-20(24-16-21(12-13-25)10-6-3-7-11-21)23-15-18-14-17-8-4-5-9-19(17)26-18;/h4-5,8-9,14,25H,2-3,6-7,10-13,15-16H2,1H3,(H2,22,23,24);1H. The van der Waals surface area contributed by atoms with Crippen LogP contribution in [0.15, 0.2) is 39.7 Å². The van der Waals surface area contributed by atoms with Crippen molar-refractivity contribution in [2.45, 2.75) is 52.0 Å². The number of guanidine groups is 1. The molecule has 3 N–H and O–H groups in total. The van der Waals surface area contributed by atoms with Gasteiger partial charge in [-0.15, -0.1) is 24.0 Å². The summed E-state index contributed by atoms with van der Waals surface area (Å²) in [5.74, 6) is 1.68. The number of halogens is 1. The molecule has 0 atom stereocenters. The van der Waals surface area contributed by atoms with E-state index in [4.69, 9.17) is 9.41 Å². The van der Waals surface area contributed by atoms with Crippen molar-refractivity contribution in [1.82, 2.24) is 10.6 Å². The Morgan fingerprint density at radius 1 is 1.19 bits per heavy atom. The Hall–Kier alpha value is -1.28. The first-order valence-electron chi connectivity index (χ1n) is 9.85. The molecule has 1 aromatic heterocycles. The number of para-hydroxylation sites is 1. The molecule has 0 aliphatic heterocycles. The fraction of sp³-hybridized carbons (Fsp3) is 0.571. The van der Waals surface area contributed by atoms with Crippen LogP contribution < -0.4 is 10.6 Å². The van der Waals surface area contributed by atoms with E-state index in [1.165, 1.54) is 32.1 Å². The van der Waals surface area contributed by atoms with E-state index in [1.54, 1.807) is 0 Å². The Morgan fingerprint density at radius 3 is 2.67 bits per heavy atom. The lowest BCUT2D eigenvalue weighted by molar-refractivity contribution is 0.131. The number of benzene rings is 1. The summed E-state index contributed by atoms with van der Waals surface area (Å²) in [7, 11) is 0. The van der Waals surface area contributed by atoms with Crippen molar-refractivity contribution in [1.29, 1.82) is 0 Å². The van der Waals surface area contributed by atoms with Crippen LogP contribution >= 0.6 is 24.0 Å². The zero-order valence-electron chi connectivity index (χ0n) is 16.2. The van der Waals surface area contributed by atoms with E-state index in [0.717, 1.165) is 42.2 Å². The van der Waals surface area contributed by atoms with Crippen LogP contribution in [0.4, 0.5) is 0 Å². The average molecular weight is 485 g/mol. The SMILES string of the molecule is CCNC(=NCc1cc2ccccc2o1)NCC1(CCO)CCCCC1.I. The van der Waals surface area contributed by atoms with Crippen LogP contribution in [-0.2, 0) is 6.54 Å². The number of aliphatic hydroxyl groups is 1. The van der Waals surface area contributed by atoms with Gasteiger partial charge in [0.25, 0.3) is 0 Å². The molecule has 1 heterocycles. The molecule has 1 aliphatic rings. The van der Waals surface area contributed by atoms with Crippen molar-refractivity contribution in [3.05, 3.63) is 36.1 Å². The predicted molar refractivity (Wildman–Crippen MR) is 122 cm³/mol. The first-order chi connectivity index (χ1) is 12.7. The molecular weight excluding hydrogens is 453 g/mol. The van der Waals surface area contributed by atoms with Crippen molar-refractivity contribution in [3.63, 3.8) is 0 Å². The maximum Gasteiger partial charge on any atom is 0.191 e. The normalized spacial score (nSPS) is 16.7. The van der Waals surface area contributed by atoms with Crippen LogP contribution in [0, 0.1) is 5.41 Å². The Labute approximate surface area is 179 Å². The summed E-state index contributed by atoms with van der Waals surface area (Å²) < 4.78 is 5.85. The van der Waals surface area contributed by atoms with E-state index in [-0.39, 0.29) is 36.0 Å². The Kier molecular flexibility index (Phi) is 8.89. The molecule has 1 saturated carbocycles. The summed E-state index contributed by atoms with van der Waals surface area (Å²) in [5.41, 5.74) is 1.10. The second-order valence-electron chi connectivity index (χ2n) is 7.33. The number of furan rings is 1. The van der Waals surface area contributed by atoms with Gasteiger partial charge < -0.3 is 20.2 Å². The highest BCUT2D eigenvalue weighted by atomic mass is 127. The number of nitrogens with zero attached hydrogens (tertiary/aromatic N) is 1. The maximum absolute atomic E-state index is 9.49. The Bertz CT molecular complexity index is 685. The van der Waals surface area contributed by atoms with Gasteiger partial charge in [0.2, 0.25) is 0 Å². The van der Waals surface area contributed by atoms with Crippen LogP contribution in [-0.4, -0.2) is 30.8 Å². The molecule has 27 heavy (non-hydrogen) atoms. The zero-order valence-corrected chi connectivity index (χ0v) is 18.5. The van der Waals surface area contributed by atoms with Crippen LogP contribution in [0.1, 0.15) is 51.2 Å². The predicted octanol–water partition coefficient (Wildman–Crippen LogP) is 4.44. The molecule has 3 rings (SSSR count). The van der Waals surface area contributed by atoms with E-state index >= 15 is 0 Å². The molecule has 1 fully saturated rings. The monoisotopic (exact) mass is 485 g/mol. The summed E-state index contributed by atoms with van der Waals surface area (Å²) in [6.45, 7) is 4.52. The molecule has 0 unspecified atom stereocenters. The molecule has 150 valence electrons. The van der Waals surface area contributed by atoms with Crippen molar-refractivity contribution in [3.8, 4) is 0 Å². The van der Waals surface area contributed by atoms with Gasteiger partial charge in [0.15, 0.2) is 5.96 Å². The summed E-state index contributed by atoms with van der Waals surface area (Å²) in [6, 6.07) is 10.1. The van der Waals surface area contributed by atoms with Gasteiger partial charge in [-0.3, -0.25) is 0 Å². The van der Waals surface area contributed by atoms with Crippen LogP contribution in [0.5, 0.6) is 0 Å². The van der Waals surface area contributed by atoms with Gasteiger partial charge >= 0.3 is 0 Å². The van der Waals surface area contributed by atoms with Crippen molar-refractivity contribution in [2.75, 3.05) is 19.7 Å². The van der Waals surface area contributed by atoms with Gasteiger partial charge in [-0.1, -0.05) is 37.5 Å².